The van der Waals surface area contributed by atoms with Crippen molar-refractivity contribution in [2.24, 2.45) is 5.41 Å². The number of hydrogen-bond donors (Lipinski definition) is 0. The molecule has 2 heterocycles. The van der Waals surface area contributed by atoms with Crippen LogP contribution in [-0.2, 0) is 9.84 Å². The van der Waals surface area contributed by atoms with Gasteiger partial charge in [0, 0.05) is 24.2 Å². The van der Waals surface area contributed by atoms with Crippen molar-refractivity contribution >= 4 is 15.5 Å². The van der Waals surface area contributed by atoms with Gasteiger partial charge < -0.3 is 4.90 Å². The summed E-state index contributed by atoms with van der Waals surface area (Å²) < 4.78 is 22.3. The van der Waals surface area contributed by atoms with Gasteiger partial charge in [-0.25, -0.2) is 8.42 Å². The van der Waals surface area contributed by atoms with Crippen molar-refractivity contribution in [3.05, 3.63) is 29.8 Å². The van der Waals surface area contributed by atoms with Crippen molar-refractivity contribution in [1.82, 2.24) is 0 Å². The Morgan fingerprint density at radius 3 is 2.24 bits per heavy atom. The number of benzene rings is 1. The van der Waals surface area contributed by atoms with E-state index in [0.29, 0.717) is 17.1 Å². The molecule has 3 rings (SSSR count). The second kappa shape index (κ2) is 3.23. The zero-order chi connectivity index (χ0) is 12.1. The first-order chi connectivity index (χ1) is 8.02. The molecule has 0 bridgehead atoms. The van der Waals surface area contributed by atoms with Crippen molar-refractivity contribution < 1.29 is 8.42 Å². The normalized spacial score (nSPS) is 23.6. The van der Waals surface area contributed by atoms with E-state index >= 15 is 0 Å². The van der Waals surface area contributed by atoms with E-state index < -0.39 is 9.84 Å². The van der Waals surface area contributed by atoms with Gasteiger partial charge in [-0.2, -0.15) is 5.26 Å². The maximum atomic E-state index is 11.2. The van der Waals surface area contributed by atoms with Crippen LogP contribution in [0.1, 0.15) is 5.56 Å². The summed E-state index contributed by atoms with van der Waals surface area (Å²) in [7, 11) is -2.74. The molecule has 88 valence electrons. The van der Waals surface area contributed by atoms with Gasteiger partial charge in [-0.15, -0.1) is 0 Å². The molecule has 2 saturated heterocycles. The zero-order valence-electron chi connectivity index (χ0n) is 9.26. The van der Waals surface area contributed by atoms with Crippen LogP contribution in [0.15, 0.2) is 24.3 Å². The van der Waals surface area contributed by atoms with Crippen LogP contribution in [0.25, 0.3) is 0 Å². The lowest BCUT2D eigenvalue weighted by atomic mass is 9.82. The minimum Gasteiger partial charge on any atom is -0.370 e. The minimum atomic E-state index is -2.74. The third-order valence-corrected chi connectivity index (χ3v) is 5.57. The summed E-state index contributed by atoms with van der Waals surface area (Å²) in [6.07, 6.45) is 0. The van der Waals surface area contributed by atoms with E-state index in [1.54, 1.807) is 12.1 Å². The summed E-state index contributed by atoms with van der Waals surface area (Å²) in [6.45, 7) is 1.64. The van der Waals surface area contributed by atoms with Crippen molar-refractivity contribution in [1.29, 1.82) is 5.26 Å². The lowest BCUT2D eigenvalue weighted by molar-refractivity contribution is 0.254. The molecular weight excluding hydrogens is 236 g/mol. The largest absolute Gasteiger partial charge is 0.370 e. The first-order valence-electron chi connectivity index (χ1n) is 5.48. The first-order valence-corrected chi connectivity index (χ1v) is 7.30. The molecule has 5 heteroatoms. The molecule has 2 aliphatic heterocycles. The minimum absolute atomic E-state index is 0.0206. The molecule has 4 nitrogen and oxygen atoms in total. The zero-order valence-corrected chi connectivity index (χ0v) is 10.1. The second-order valence-electron chi connectivity index (χ2n) is 5.05. The van der Waals surface area contributed by atoms with Crippen molar-refractivity contribution in [2.75, 3.05) is 29.5 Å². The molecule has 1 aromatic carbocycles. The van der Waals surface area contributed by atoms with E-state index in [9.17, 15) is 8.42 Å². The van der Waals surface area contributed by atoms with Gasteiger partial charge in [0.25, 0.3) is 0 Å². The highest BCUT2D eigenvalue weighted by atomic mass is 32.2. The summed E-state index contributed by atoms with van der Waals surface area (Å²) in [5.41, 5.74) is 1.74. The molecule has 0 atom stereocenters. The smallest absolute Gasteiger partial charge is 0.151 e. The van der Waals surface area contributed by atoms with Gasteiger partial charge in [0.2, 0.25) is 0 Å². The van der Waals surface area contributed by atoms with Gasteiger partial charge >= 0.3 is 0 Å². The fourth-order valence-corrected chi connectivity index (χ4v) is 4.91. The molecule has 2 aliphatic rings. The van der Waals surface area contributed by atoms with Gasteiger partial charge in [0.05, 0.1) is 23.1 Å². The Hall–Kier alpha value is -1.54. The van der Waals surface area contributed by atoms with Crippen LogP contribution in [0.4, 0.5) is 5.69 Å². The standard InChI is InChI=1S/C12H12N2O2S/c13-5-10-1-3-11(4-2-10)14-6-12(7-14)8-17(15,16)9-12/h1-4H,6-9H2. The highest BCUT2D eigenvalue weighted by Crippen LogP contribution is 2.43. The molecule has 0 aliphatic carbocycles. The first kappa shape index (κ1) is 10.6. The predicted molar refractivity (Wildman–Crippen MR) is 64.5 cm³/mol. The van der Waals surface area contributed by atoms with Gasteiger partial charge in [-0.05, 0) is 24.3 Å². The van der Waals surface area contributed by atoms with Crippen LogP contribution in [0.3, 0.4) is 0 Å². The summed E-state index contributed by atoms with van der Waals surface area (Å²) in [6, 6.07) is 9.49. The third-order valence-electron chi connectivity index (χ3n) is 3.47. The molecule has 1 spiro atoms. The monoisotopic (exact) mass is 248 g/mol. The number of nitrogens with zero attached hydrogens (tertiary/aromatic N) is 2. The molecule has 0 amide bonds. The Morgan fingerprint density at radius 1 is 1.18 bits per heavy atom. The van der Waals surface area contributed by atoms with Gasteiger partial charge in [-0.3, -0.25) is 0 Å². The third kappa shape index (κ3) is 1.69. The van der Waals surface area contributed by atoms with Gasteiger partial charge in [-0.1, -0.05) is 0 Å². The molecule has 0 N–H and O–H groups in total. The van der Waals surface area contributed by atoms with E-state index in [1.807, 2.05) is 12.1 Å². The van der Waals surface area contributed by atoms with Crippen molar-refractivity contribution in [3.63, 3.8) is 0 Å². The SMILES string of the molecule is N#Cc1ccc(N2CC3(C2)CS(=O)(=O)C3)cc1. The number of nitriles is 1. The highest BCUT2D eigenvalue weighted by molar-refractivity contribution is 7.92. The molecule has 0 aromatic heterocycles. The molecule has 1 aromatic rings. The number of sulfone groups is 1. The fraction of sp³-hybridized carbons (Fsp3) is 0.417. The van der Waals surface area contributed by atoms with Gasteiger partial charge in [0.1, 0.15) is 0 Å². The molecule has 0 unspecified atom stereocenters. The van der Waals surface area contributed by atoms with Crippen LogP contribution in [0.2, 0.25) is 0 Å². The van der Waals surface area contributed by atoms with E-state index in [4.69, 9.17) is 5.26 Å². The van der Waals surface area contributed by atoms with E-state index in [-0.39, 0.29) is 5.41 Å². The summed E-state index contributed by atoms with van der Waals surface area (Å²) in [5, 5.41) is 8.70. The molecular formula is C12H12N2O2S. The quantitative estimate of drug-likeness (QED) is 0.737. The molecule has 17 heavy (non-hydrogen) atoms. The van der Waals surface area contributed by atoms with Crippen LogP contribution in [-0.4, -0.2) is 33.0 Å². The summed E-state index contributed by atoms with van der Waals surface area (Å²) in [4.78, 5) is 2.16. The Bertz CT molecular complexity index is 578. The highest BCUT2D eigenvalue weighted by Gasteiger charge is 2.55. The van der Waals surface area contributed by atoms with E-state index in [2.05, 4.69) is 11.0 Å². The summed E-state index contributed by atoms with van der Waals surface area (Å²) in [5.74, 6) is 0.680. The lowest BCUT2D eigenvalue weighted by Gasteiger charge is -2.55. The Labute approximate surface area is 100 Å². The number of anilines is 1. The predicted octanol–water partition coefficient (Wildman–Crippen LogP) is 0.793. The lowest BCUT2D eigenvalue weighted by Crippen LogP contribution is -2.68. The maximum Gasteiger partial charge on any atom is 0.151 e. The van der Waals surface area contributed by atoms with Crippen LogP contribution < -0.4 is 4.90 Å². The van der Waals surface area contributed by atoms with Crippen molar-refractivity contribution in [2.45, 2.75) is 0 Å². The van der Waals surface area contributed by atoms with Crippen LogP contribution in [0.5, 0.6) is 0 Å². The molecule has 0 radical (unpaired) electrons. The molecule has 2 fully saturated rings. The number of rotatable bonds is 1. The maximum absolute atomic E-state index is 11.2. The van der Waals surface area contributed by atoms with Crippen molar-refractivity contribution in [3.8, 4) is 6.07 Å². The Balaban J connectivity index is 1.68. The number of hydrogen-bond acceptors (Lipinski definition) is 4. The average molecular weight is 248 g/mol. The summed E-state index contributed by atoms with van der Waals surface area (Å²) >= 11 is 0. The van der Waals surface area contributed by atoms with Gasteiger partial charge in [0.15, 0.2) is 9.84 Å². The van der Waals surface area contributed by atoms with Crippen LogP contribution >= 0.6 is 0 Å². The van der Waals surface area contributed by atoms with E-state index in [0.717, 1.165) is 18.8 Å². The topological polar surface area (TPSA) is 61.2 Å². The fourth-order valence-electron chi connectivity index (χ4n) is 2.77. The second-order valence-corrected chi connectivity index (χ2v) is 7.11. The average Bonchev–Trinajstić information content (AvgIpc) is 2.22. The van der Waals surface area contributed by atoms with E-state index in [1.165, 1.54) is 0 Å². The Morgan fingerprint density at radius 2 is 1.76 bits per heavy atom. The Kier molecular flexibility index (Phi) is 2.02. The van der Waals surface area contributed by atoms with Crippen LogP contribution in [0, 0.1) is 16.7 Å². The molecule has 0 saturated carbocycles.